The fraction of sp³-hybridized carbons (Fsp3) is 0. The summed E-state index contributed by atoms with van der Waals surface area (Å²) in [6.07, 6.45) is 1.83. The van der Waals surface area contributed by atoms with E-state index >= 15 is 0 Å². The van der Waals surface area contributed by atoms with Crippen molar-refractivity contribution in [3.8, 4) is 101 Å². The molecule has 0 unspecified atom stereocenters. The molecule has 2 heterocycles. The molecule has 0 bridgehead atoms. The van der Waals surface area contributed by atoms with E-state index in [1.807, 2.05) is 24.4 Å². The Morgan fingerprint density at radius 3 is 0.816 bits per heavy atom. The third-order valence-corrected chi connectivity index (χ3v) is 15.2. The average Bonchev–Trinajstić information content (AvgIpc) is 3.51. The van der Waals surface area contributed by atoms with Gasteiger partial charge in [-0.2, -0.15) is 0 Å². The van der Waals surface area contributed by atoms with E-state index in [9.17, 15) is 0 Å². The highest BCUT2D eigenvalue weighted by molar-refractivity contribution is 6.22. The molecule has 0 saturated carbocycles. The maximum Gasteiger partial charge on any atom is 0.0894 e. The molecule has 0 atom stereocenters. The summed E-state index contributed by atoms with van der Waals surface area (Å²) in [6.45, 7) is 0. The first-order chi connectivity index (χ1) is 37.7. The average molecular weight is 965 g/mol. The van der Waals surface area contributed by atoms with Crippen LogP contribution in [0.3, 0.4) is 0 Å². The Labute approximate surface area is 442 Å². The summed E-state index contributed by atoms with van der Waals surface area (Å²) in [5.74, 6) is 0. The van der Waals surface area contributed by atoms with Crippen LogP contribution < -0.4 is 0 Å². The zero-order valence-corrected chi connectivity index (χ0v) is 41.6. The molecule has 14 aromatic rings. The van der Waals surface area contributed by atoms with E-state index in [0.29, 0.717) is 0 Å². The van der Waals surface area contributed by atoms with Crippen molar-refractivity contribution in [1.82, 2.24) is 9.97 Å². The standard InChI is InChI=1S/C74H48N2/c1-3-17-54(18-4-1)70-60-21-7-11-25-64(60)72(65-26-12-8-22-61(65)70)56-40-32-50(33-41-56)49-30-38-53(39-31-49)59-46-47-69(68-29-15-16-48-75-68)76-74(59)58-44-36-52(37-45-58)51-34-42-57(43-35-51)73-66-27-13-9-23-62(66)71(55-19-5-2-6-20-55)63-24-10-14-28-67(63)73/h1-48H. The molecule has 0 N–H and O–H groups in total. The van der Waals surface area contributed by atoms with Crippen LogP contribution >= 0.6 is 0 Å². The Hall–Kier alpha value is -10.0. The lowest BCUT2D eigenvalue weighted by Gasteiger charge is -2.18. The zero-order chi connectivity index (χ0) is 50.4. The van der Waals surface area contributed by atoms with Gasteiger partial charge >= 0.3 is 0 Å². The number of fused-ring (bicyclic) bond motifs is 4. The lowest BCUT2D eigenvalue weighted by Crippen LogP contribution is -1.94. The Kier molecular flexibility index (Phi) is 11.2. The smallest absolute Gasteiger partial charge is 0.0894 e. The van der Waals surface area contributed by atoms with Gasteiger partial charge in [0.2, 0.25) is 0 Å². The highest BCUT2D eigenvalue weighted by Gasteiger charge is 2.19. The van der Waals surface area contributed by atoms with Crippen molar-refractivity contribution in [2.75, 3.05) is 0 Å². The van der Waals surface area contributed by atoms with E-state index in [-0.39, 0.29) is 0 Å². The van der Waals surface area contributed by atoms with Gasteiger partial charge in [0.1, 0.15) is 0 Å². The van der Waals surface area contributed by atoms with Crippen LogP contribution in [0.5, 0.6) is 0 Å². The molecule has 0 amide bonds. The molecule has 2 aromatic heterocycles. The first-order valence-electron chi connectivity index (χ1n) is 26.0. The second-order valence-corrected chi connectivity index (χ2v) is 19.5. The molecule has 0 fully saturated rings. The lowest BCUT2D eigenvalue weighted by atomic mass is 9.85. The maximum absolute atomic E-state index is 5.33. The second-order valence-electron chi connectivity index (χ2n) is 19.5. The van der Waals surface area contributed by atoms with Crippen LogP contribution in [0.4, 0.5) is 0 Å². The number of nitrogens with zero attached hydrogens (tertiary/aromatic N) is 2. The van der Waals surface area contributed by atoms with Crippen molar-refractivity contribution in [2.45, 2.75) is 0 Å². The van der Waals surface area contributed by atoms with Gasteiger partial charge in [0.25, 0.3) is 0 Å². The minimum atomic E-state index is 0.836. The number of pyridine rings is 2. The van der Waals surface area contributed by atoms with Crippen LogP contribution in [0.15, 0.2) is 291 Å². The predicted octanol–water partition coefficient (Wildman–Crippen LogP) is 20.1. The van der Waals surface area contributed by atoms with Gasteiger partial charge in [-0.3, -0.25) is 4.98 Å². The number of rotatable bonds is 9. The largest absolute Gasteiger partial charge is 0.255 e. The molecular formula is C74H48N2. The zero-order valence-electron chi connectivity index (χ0n) is 41.6. The Morgan fingerprint density at radius 2 is 0.474 bits per heavy atom. The Morgan fingerprint density at radius 1 is 0.184 bits per heavy atom. The summed E-state index contributed by atoms with van der Waals surface area (Å²) in [7, 11) is 0. The molecule has 0 aliphatic rings. The van der Waals surface area contributed by atoms with E-state index in [1.165, 1.54) is 93.2 Å². The molecule has 12 aromatic carbocycles. The summed E-state index contributed by atoms with van der Waals surface area (Å²) in [5.41, 5.74) is 20.4. The van der Waals surface area contributed by atoms with Crippen LogP contribution in [0.1, 0.15) is 0 Å². The maximum atomic E-state index is 5.33. The third-order valence-electron chi connectivity index (χ3n) is 15.2. The molecule has 0 radical (unpaired) electrons. The van der Waals surface area contributed by atoms with Crippen molar-refractivity contribution in [2.24, 2.45) is 0 Å². The molecule has 0 saturated heterocycles. The quantitative estimate of drug-likeness (QED) is 0.135. The van der Waals surface area contributed by atoms with Gasteiger partial charge in [0, 0.05) is 17.3 Å². The molecule has 0 aliphatic heterocycles. The number of aromatic nitrogens is 2. The summed E-state index contributed by atoms with van der Waals surface area (Å²) < 4.78 is 0. The van der Waals surface area contributed by atoms with Crippen LogP contribution in [-0.4, -0.2) is 9.97 Å². The van der Waals surface area contributed by atoms with E-state index in [4.69, 9.17) is 4.98 Å². The minimum absolute atomic E-state index is 0.836. The SMILES string of the molecule is c1ccc(-c2c3ccccc3c(-c3ccc(-c4ccc(-c5ccc(-c6ccccn6)nc5-c5ccc(-c6ccc(-c7c8ccccc8c(-c8ccccc8)c8ccccc78)cc6)cc5)cc4)cc3)c3ccccc23)cc1. The van der Waals surface area contributed by atoms with Gasteiger partial charge in [0.05, 0.1) is 17.1 Å². The number of hydrogen-bond donors (Lipinski definition) is 0. The van der Waals surface area contributed by atoms with Crippen molar-refractivity contribution in [3.63, 3.8) is 0 Å². The van der Waals surface area contributed by atoms with Gasteiger partial charge < -0.3 is 0 Å². The summed E-state index contributed by atoms with van der Waals surface area (Å²) in [6, 6.07) is 103. The molecule has 354 valence electrons. The first-order valence-corrected chi connectivity index (χ1v) is 26.0. The fourth-order valence-corrected chi connectivity index (χ4v) is 11.6. The van der Waals surface area contributed by atoms with Crippen molar-refractivity contribution in [1.29, 1.82) is 0 Å². The number of hydrogen-bond acceptors (Lipinski definition) is 2. The highest BCUT2D eigenvalue weighted by Crippen LogP contribution is 2.46. The summed E-state index contributed by atoms with van der Waals surface area (Å²) >= 11 is 0. The molecule has 2 nitrogen and oxygen atoms in total. The van der Waals surface area contributed by atoms with E-state index in [0.717, 1.165) is 50.5 Å². The van der Waals surface area contributed by atoms with E-state index in [2.05, 4.69) is 272 Å². The normalized spacial score (nSPS) is 11.4. The van der Waals surface area contributed by atoms with Gasteiger partial charge in [-0.15, -0.1) is 0 Å². The summed E-state index contributed by atoms with van der Waals surface area (Å²) in [4.78, 5) is 10.0. The van der Waals surface area contributed by atoms with Crippen LogP contribution in [0, 0.1) is 0 Å². The van der Waals surface area contributed by atoms with Gasteiger partial charge in [0.15, 0.2) is 0 Å². The van der Waals surface area contributed by atoms with E-state index < -0.39 is 0 Å². The Bertz CT molecular complexity index is 4320. The molecule has 0 aliphatic carbocycles. The van der Waals surface area contributed by atoms with Gasteiger partial charge in [-0.05, 0) is 140 Å². The van der Waals surface area contributed by atoms with Gasteiger partial charge in [-0.1, -0.05) is 261 Å². The molecule has 76 heavy (non-hydrogen) atoms. The van der Waals surface area contributed by atoms with E-state index in [1.54, 1.807) is 0 Å². The van der Waals surface area contributed by atoms with Crippen LogP contribution in [0.2, 0.25) is 0 Å². The molecule has 2 heteroatoms. The molecule has 14 rings (SSSR count). The molecule has 0 spiro atoms. The fourth-order valence-electron chi connectivity index (χ4n) is 11.6. The minimum Gasteiger partial charge on any atom is -0.255 e. The lowest BCUT2D eigenvalue weighted by molar-refractivity contribution is 1.25. The Balaban J connectivity index is 0.783. The van der Waals surface area contributed by atoms with Crippen molar-refractivity contribution in [3.05, 3.63) is 291 Å². The number of benzene rings is 12. The monoisotopic (exact) mass is 964 g/mol. The topological polar surface area (TPSA) is 25.8 Å². The third kappa shape index (κ3) is 7.92. The highest BCUT2D eigenvalue weighted by atomic mass is 14.8. The van der Waals surface area contributed by atoms with Crippen LogP contribution in [0.25, 0.3) is 144 Å². The summed E-state index contributed by atoms with van der Waals surface area (Å²) in [5, 5.41) is 10.0. The molecular weight excluding hydrogens is 917 g/mol. The van der Waals surface area contributed by atoms with Crippen molar-refractivity contribution >= 4 is 43.1 Å². The van der Waals surface area contributed by atoms with Crippen molar-refractivity contribution < 1.29 is 0 Å². The first kappa shape index (κ1) is 44.7. The van der Waals surface area contributed by atoms with Gasteiger partial charge in [-0.25, -0.2) is 4.98 Å². The predicted molar refractivity (Wildman–Crippen MR) is 321 cm³/mol. The second kappa shape index (κ2) is 19.1. The van der Waals surface area contributed by atoms with Crippen LogP contribution in [-0.2, 0) is 0 Å².